The molecule has 0 amide bonds. The lowest BCUT2D eigenvalue weighted by Crippen LogP contribution is -2.49. The highest BCUT2D eigenvalue weighted by Crippen LogP contribution is 2.39. The van der Waals surface area contributed by atoms with Crippen LogP contribution in [0, 0.1) is 23.7 Å². The van der Waals surface area contributed by atoms with Crippen LogP contribution in [-0.4, -0.2) is 85.1 Å². The van der Waals surface area contributed by atoms with Crippen LogP contribution < -0.4 is 4.90 Å². The van der Waals surface area contributed by atoms with Crippen LogP contribution in [0.15, 0.2) is 40.3 Å². The Hall–Kier alpha value is -2.22. The minimum absolute atomic E-state index is 0.256. The third-order valence-corrected chi connectivity index (χ3v) is 7.95. The standard InChI is InChI=1S/C28H43N5O2/c1-20(2)26-17-23(21(3)16-24(26)19-33-12-10-32(11-13-33)14-15-34)18-27-29-30-28(35-27)22-6-8-25(9-7-22)31(4)5/h6-9,16,20,23-24,26,34H,10-15,17-19H2,1-5H3. The number of hydrogen-bond donors (Lipinski definition) is 1. The molecule has 1 N–H and O–H groups in total. The maximum Gasteiger partial charge on any atom is 0.247 e. The van der Waals surface area contributed by atoms with Gasteiger partial charge in [0.15, 0.2) is 0 Å². The van der Waals surface area contributed by atoms with Gasteiger partial charge in [0.1, 0.15) is 0 Å². The van der Waals surface area contributed by atoms with Gasteiger partial charge in [0.05, 0.1) is 6.61 Å². The molecule has 0 bridgehead atoms. The van der Waals surface area contributed by atoms with E-state index in [9.17, 15) is 5.11 Å². The predicted molar refractivity (Wildman–Crippen MR) is 141 cm³/mol. The van der Waals surface area contributed by atoms with Gasteiger partial charge in [-0.2, -0.15) is 0 Å². The monoisotopic (exact) mass is 481 g/mol. The second kappa shape index (κ2) is 11.7. The predicted octanol–water partition coefficient (Wildman–Crippen LogP) is 3.81. The molecule has 1 aromatic carbocycles. The highest BCUT2D eigenvalue weighted by atomic mass is 16.4. The van der Waals surface area contributed by atoms with Crippen LogP contribution in [0.3, 0.4) is 0 Å². The van der Waals surface area contributed by atoms with E-state index in [4.69, 9.17) is 4.42 Å². The van der Waals surface area contributed by atoms with E-state index < -0.39 is 0 Å². The summed E-state index contributed by atoms with van der Waals surface area (Å²) in [4.78, 5) is 7.06. The molecule has 7 nitrogen and oxygen atoms in total. The Morgan fingerprint density at radius 3 is 2.37 bits per heavy atom. The number of allylic oxidation sites excluding steroid dienone is 1. The van der Waals surface area contributed by atoms with Gasteiger partial charge >= 0.3 is 0 Å². The smallest absolute Gasteiger partial charge is 0.247 e. The van der Waals surface area contributed by atoms with Crippen LogP contribution in [0.25, 0.3) is 11.5 Å². The van der Waals surface area contributed by atoms with Crippen molar-refractivity contribution in [3.8, 4) is 11.5 Å². The number of aliphatic hydroxyl groups is 1. The molecule has 1 saturated heterocycles. The zero-order chi connectivity index (χ0) is 24.9. The largest absolute Gasteiger partial charge is 0.421 e. The van der Waals surface area contributed by atoms with E-state index in [0.717, 1.165) is 62.8 Å². The van der Waals surface area contributed by atoms with E-state index in [2.05, 4.69) is 63.9 Å². The van der Waals surface area contributed by atoms with Gasteiger partial charge in [0.2, 0.25) is 11.8 Å². The molecule has 1 aliphatic heterocycles. The van der Waals surface area contributed by atoms with E-state index in [1.807, 2.05) is 26.2 Å². The Bertz CT molecular complexity index is 960. The van der Waals surface area contributed by atoms with Gasteiger partial charge in [-0.05, 0) is 61.3 Å². The molecule has 2 heterocycles. The quantitative estimate of drug-likeness (QED) is 0.546. The minimum Gasteiger partial charge on any atom is -0.421 e. The average molecular weight is 482 g/mol. The van der Waals surface area contributed by atoms with Gasteiger partial charge in [0, 0.05) is 71.0 Å². The Morgan fingerprint density at radius 2 is 1.74 bits per heavy atom. The lowest BCUT2D eigenvalue weighted by atomic mass is 9.69. The molecule has 35 heavy (non-hydrogen) atoms. The van der Waals surface area contributed by atoms with E-state index >= 15 is 0 Å². The summed E-state index contributed by atoms with van der Waals surface area (Å²) in [7, 11) is 4.07. The van der Waals surface area contributed by atoms with Crippen LogP contribution in [0.5, 0.6) is 0 Å². The number of anilines is 1. The molecule has 1 aliphatic carbocycles. The van der Waals surface area contributed by atoms with Crippen LogP contribution >= 0.6 is 0 Å². The highest BCUT2D eigenvalue weighted by Gasteiger charge is 2.34. The molecule has 7 heteroatoms. The molecule has 0 radical (unpaired) electrons. The van der Waals surface area contributed by atoms with Gasteiger partial charge in [-0.1, -0.05) is 25.5 Å². The molecule has 0 saturated carbocycles. The first-order valence-corrected chi connectivity index (χ1v) is 13.2. The summed E-state index contributed by atoms with van der Waals surface area (Å²) in [6.45, 7) is 13.5. The molecule has 192 valence electrons. The maximum atomic E-state index is 9.21. The molecular formula is C28H43N5O2. The van der Waals surface area contributed by atoms with Crippen LogP contribution in [0.2, 0.25) is 0 Å². The number of rotatable bonds is 9. The van der Waals surface area contributed by atoms with Crippen molar-refractivity contribution in [3.63, 3.8) is 0 Å². The minimum atomic E-state index is 0.256. The SMILES string of the molecule is CC1=CC(CN2CCN(CCO)CC2)C(C(C)C)CC1Cc1nnc(-c2ccc(N(C)C)cc2)o1. The number of hydrogen-bond acceptors (Lipinski definition) is 7. The third-order valence-electron chi connectivity index (χ3n) is 7.95. The number of aromatic nitrogens is 2. The van der Waals surface area contributed by atoms with Gasteiger partial charge in [-0.15, -0.1) is 10.2 Å². The number of benzene rings is 1. The molecule has 3 unspecified atom stereocenters. The van der Waals surface area contributed by atoms with E-state index in [1.165, 1.54) is 12.0 Å². The van der Waals surface area contributed by atoms with Crippen molar-refractivity contribution < 1.29 is 9.52 Å². The van der Waals surface area contributed by atoms with E-state index in [-0.39, 0.29) is 6.61 Å². The Balaban J connectivity index is 1.39. The lowest BCUT2D eigenvalue weighted by Gasteiger charge is -2.41. The first kappa shape index (κ1) is 25.9. The van der Waals surface area contributed by atoms with Crippen LogP contribution in [-0.2, 0) is 6.42 Å². The summed E-state index contributed by atoms with van der Waals surface area (Å²) < 4.78 is 6.10. The second-order valence-corrected chi connectivity index (χ2v) is 10.9. The Kier molecular flexibility index (Phi) is 8.63. The fraction of sp³-hybridized carbons (Fsp3) is 0.643. The Morgan fingerprint density at radius 1 is 1.06 bits per heavy atom. The summed E-state index contributed by atoms with van der Waals surface area (Å²) in [5, 5.41) is 17.9. The number of piperazine rings is 1. The van der Waals surface area contributed by atoms with Crippen molar-refractivity contribution in [1.82, 2.24) is 20.0 Å². The van der Waals surface area contributed by atoms with E-state index in [0.29, 0.717) is 29.6 Å². The molecule has 4 rings (SSSR count). The van der Waals surface area contributed by atoms with E-state index in [1.54, 1.807) is 0 Å². The molecule has 2 aromatic rings. The topological polar surface area (TPSA) is 68.9 Å². The van der Waals surface area contributed by atoms with Crippen molar-refractivity contribution in [2.75, 3.05) is 64.9 Å². The average Bonchev–Trinajstić information content (AvgIpc) is 3.30. The van der Waals surface area contributed by atoms with Crippen LogP contribution in [0.4, 0.5) is 5.69 Å². The third kappa shape index (κ3) is 6.51. The van der Waals surface area contributed by atoms with Gasteiger partial charge < -0.3 is 19.3 Å². The summed E-state index contributed by atoms with van der Waals surface area (Å²) >= 11 is 0. The van der Waals surface area contributed by atoms with Crippen molar-refractivity contribution >= 4 is 5.69 Å². The number of nitrogens with zero attached hydrogens (tertiary/aromatic N) is 5. The number of β-amino-alcohol motifs (C(OH)–C–C–N with tert-alkyl or cyclic N) is 1. The first-order chi connectivity index (χ1) is 16.8. The fourth-order valence-corrected chi connectivity index (χ4v) is 5.69. The van der Waals surface area contributed by atoms with Gasteiger partial charge in [-0.3, -0.25) is 4.90 Å². The molecule has 1 aromatic heterocycles. The summed E-state index contributed by atoms with van der Waals surface area (Å²) in [5.74, 6) is 3.65. The number of aliphatic hydroxyl groups excluding tert-OH is 1. The zero-order valence-electron chi connectivity index (χ0n) is 22.2. The molecular weight excluding hydrogens is 438 g/mol. The second-order valence-electron chi connectivity index (χ2n) is 10.9. The molecule has 3 atom stereocenters. The summed E-state index contributed by atoms with van der Waals surface area (Å²) in [6, 6.07) is 8.24. The van der Waals surface area contributed by atoms with Crippen molar-refractivity contribution in [2.24, 2.45) is 23.7 Å². The Labute approximate surface area is 210 Å². The zero-order valence-corrected chi connectivity index (χ0v) is 22.2. The van der Waals surface area contributed by atoms with Crippen molar-refractivity contribution in [2.45, 2.75) is 33.6 Å². The molecule has 0 spiro atoms. The lowest BCUT2D eigenvalue weighted by molar-refractivity contribution is 0.0887. The fourth-order valence-electron chi connectivity index (χ4n) is 5.69. The van der Waals surface area contributed by atoms with Crippen LogP contribution in [0.1, 0.15) is 33.1 Å². The van der Waals surface area contributed by atoms with Gasteiger partial charge in [-0.25, -0.2) is 0 Å². The molecule has 2 aliphatic rings. The maximum absolute atomic E-state index is 9.21. The molecule has 1 fully saturated rings. The summed E-state index contributed by atoms with van der Waals surface area (Å²) in [6.07, 6.45) is 4.52. The van der Waals surface area contributed by atoms with Gasteiger partial charge in [0.25, 0.3) is 0 Å². The van der Waals surface area contributed by atoms with Crippen molar-refractivity contribution in [1.29, 1.82) is 0 Å². The first-order valence-electron chi connectivity index (χ1n) is 13.2. The van der Waals surface area contributed by atoms with Crippen molar-refractivity contribution in [3.05, 3.63) is 41.8 Å². The summed E-state index contributed by atoms with van der Waals surface area (Å²) in [5.41, 5.74) is 3.57. The highest BCUT2D eigenvalue weighted by molar-refractivity contribution is 5.58. The normalized spacial score (nSPS) is 24.1.